The topological polar surface area (TPSA) is 40.5 Å². The Morgan fingerprint density at radius 2 is 0.617 bits per heavy atom. The van der Waals surface area contributed by atoms with E-state index < -0.39 is 16.5 Å². The van der Waals surface area contributed by atoms with Gasteiger partial charge in [0, 0.05) is 35.1 Å². The van der Waals surface area contributed by atoms with Gasteiger partial charge in [-0.15, -0.1) is 11.8 Å². The Labute approximate surface area is 296 Å². The second-order valence-corrected chi connectivity index (χ2v) is 14.2. The molecule has 0 heterocycles. The molecule has 6 aromatic rings. The van der Waals surface area contributed by atoms with Gasteiger partial charge in [-0.3, -0.25) is 0 Å². The first-order chi connectivity index (χ1) is 23.0. The molecule has 2 N–H and O–H groups in total. The molecule has 2 nitrogen and oxygen atoms in total. The van der Waals surface area contributed by atoms with Crippen LogP contribution in [0, 0.1) is 11.8 Å². The molecule has 0 aliphatic rings. The van der Waals surface area contributed by atoms with Gasteiger partial charge in [-0.1, -0.05) is 172 Å². The van der Waals surface area contributed by atoms with Gasteiger partial charge in [0.1, 0.15) is 11.5 Å². The van der Waals surface area contributed by atoms with E-state index in [-0.39, 0.29) is 0 Å². The van der Waals surface area contributed by atoms with E-state index in [4.69, 9.17) is 18.8 Å². The van der Waals surface area contributed by atoms with Crippen molar-refractivity contribution in [3.63, 3.8) is 0 Å². The quantitative estimate of drug-likeness (QED) is 0.174. The van der Waals surface area contributed by atoms with Crippen LogP contribution in [-0.2, 0) is 16.5 Å². The second-order valence-electron chi connectivity index (χ2n) is 9.99. The molecule has 0 radical (unpaired) electrons. The van der Waals surface area contributed by atoms with Crippen LogP contribution in [0.25, 0.3) is 44.5 Å². The van der Waals surface area contributed by atoms with E-state index in [0.717, 1.165) is 57.3 Å². The summed E-state index contributed by atoms with van der Waals surface area (Å²) in [5.41, 5.74) is 7.55. The maximum atomic E-state index is 10.5. The van der Waals surface area contributed by atoms with Crippen molar-refractivity contribution in [3.05, 3.63) is 158 Å². The van der Waals surface area contributed by atoms with E-state index in [1.54, 1.807) is 0 Å². The van der Waals surface area contributed by atoms with Crippen molar-refractivity contribution < 1.29 is 26.7 Å². The molecule has 0 spiro atoms. The number of benzene rings is 6. The molecule has 0 unspecified atom stereocenters. The summed E-state index contributed by atoms with van der Waals surface area (Å²) in [6, 6.07) is 51.5. The molecule has 0 atom stereocenters. The Morgan fingerprint density at radius 3 is 0.809 bits per heavy atom. The predicted molar refractivity (Wildman–Crippen MR) is 198 cm³/mol. The fourth-order valence-electron chi connectivity index (χ4n) is 4.74. The molecule has 0 fully saturated rings. The molecule has 47 heavy (non-hydrogen) atoms. The van der Waals surface area contributed by atoms with Gasteiger partial charge in [-0.2, -0.15) is 0 Å². The van der Waals surface area contributed by atoms with E-state index in [1.165, 1.54) is 0 Å². The fourth-order valence-corrected chi connectivity index (χ4v) is 4.74. The van der Waals surface area contributed by atoms with Gasteiger partial charge in [-0.25, -0.2) is 0 Å². The summed E-state index contributed by atoms with van der Waals surface area (Å²) in [7, 11) is 9.86. The number of phenols is 2. The number of hydrogen-bond acceptors (Lipinski definition) is 2. The summed E-state index contributed by atoms with van der Waals surface area (Å²) in [5.74, 6) is 6.56. The van der Waals surface area contributed by atoms with E-state index in [1.807, 2.05) is 158 Å². The summed E-state index contributed by atoms with van der Waals surface area (Å²) >= 11 is -0.806. The molecule has 6 rings (SSSR count). The normalized spacial score (nSPS) is 9.53. The summed E-state index contributed by atoms with van der Waals surface area (Å²) in [6.45, 7) is 4.12. The molecular weight excluding hydrogens is 791 g/mol. The van der Waals surface area contributed by atoms with Crippen LogP contribution in [-0.4, -0.2) is 10.2 Å². The zero-order valence-corrected chi connectivity index (χ0v) is 30.9. The molecule has 0 amide bonds. The van der Waals surface area contributed by atoms with Crippen molar-refractivity contribution in [1.29, 1.82) is 0 Å². The van der Waals surface area contributed by atoms with Crippen molar-refractivity contribution in [3.8, 4) is 67.8 Å². The summed E-state index contributed by atoms with van der Waals surface area (Å²) in [6.07, 6.45) is 1.99. The van der Waals surface area contributed by atoms with Crippen molar-refractivity contribution in [2.24, 2.45) is 0 Å². The average molecular weight is 830 g/mol. The molecular formula is C42H38Cl2O2W. The van der Waals surface area contributed by atoms with Crippen LogP contribution in [0.2, 0.25) is 0 Å². The fraction of sp³-hybridized carbons (Fsp3) is 0.0952. The minimum atomic E-state index is -0.806. The van der Waals surface area contributed by atoms with E-state index in [2.05, 4.69) is 25.7 Å². The molecule has 0 bridgehead atoms. The van der Waals surface area contributed by atoms with Crippen molar-refractivity contribution in [1.82, 2.24) is 0 Å². The average Bonchev–Trinajstić information content (AvgIpc) is 3.13. The Kier molecular flexibility index (Phi) is 17.0. The Bertz CT molecular complexity index is 1550. The van der Waals surface area contributed by atoms with Gasteiger partial charge in [0.15, 0.2) is 0 Å². The number of phenolic OH excluding ortho intramolecular Hbond substituents is 2. The van der Waals surface area contributed by atoms with E-state index >= 15 is 0 Å². The van der Waals surface area contributed by atoms with Gasteiger partial charge < -0.3 is 10.2 Å². The number of rotatable bonds is 4. The van der Waals surface area contributed by atoms with Crippen LogP contribution in [0.5, 0.6) is 11.5 Å². The molecule has 0 saturated carbocycles. The van der Waals surface area contributed by atoms with Gasteiger partial charge in [0.2, 0.25) is 0 Å². The summed E-state index contributed by atoms with van der Waals surface area (Å²) in [4.78, 5) is 0. The van der Waals surface area contributed by atoms with E-state index in [0.29, 0.717) is 11.5 Å². The SMILES string of the molecule is CCC#CCC.Oc1c(-c2ccccc2)cccc1-c1ccccc1.Oc1c(-c2ccccc2)cccc1-c1ccccc1.[Cl][W][Cl]. The Morgan fingerprint density at radius 1 is 0.404 bits per heavy atom. The second kappa shape index (κ2) is 21.5. The van der Waals surface area contributed by atoms with Crippen molar-refractivity contribution >= 4 is 18.8 Å². The van der Waals surface area contributed by atoms with E-state index in [9.17, 15) is 10.2 Å². The van der Waals surface area contributed by atoms with Crippen LogP contribution in [0.1, 0.15) is 26.7 Å². The van der Waals surface area contributed by atoms with Gasteiger partial charge in [0.25, 0.3) is 0 Å². The molecule has 0 aromatic heterocycles. The maximum absolute atomic E-state index is 10.5. The molecule has 5 heteroatoms. The third-order valence-corrected chi connectivity index (χ3v) is 6.89. The molecule has 0 saturated heterocycles. The standard InChI is InChI=1S/2C18H14O.C6H10.2ClH.W/c2*19-18-16(14-8-3-1-4-9-14)12-7-13-17(18)15-10-5-2-6-11-15;1-3-5-6-4-2;;;/h2*1-13,19H;3-4H2,1-2H3;2*1H;/q;;;;;+2/p-2. The first-order valence-electron chi connectivity index (χ1n) is 15.3. The molecule has 6 aromatic carbocycles. The van der Waals surface area contributed by atoms with Crippen LogP contribution < -0.4 is 0 Å². The summed E-state index contributed by atoms with van der Waals surface area (Å²) < 4.78 is 0. The Hall–Kier alpha value is -4.25. The third kappa shape index (κ3) is 11.8. The predicted octanol–water partition coefficient (Wildman–Crippen LogP) is 12.6. The number of halogens is 2. The molecule has 238 valence electrons. The monoisotopic (exact) mass is 828 g/mol. The minimum absolute atomic E-state index is 0.333. The van der Waals surface area contributed by atoms with Crippen LogP contribution in [0.15, 0.2) is 158 Å². The van der Waals surface area contributed by atoms with Crippen molar-refractivity contribution in [2.45, 2.75) is 26.7 Å². The van der Waals surface area contributed by atoms with Crippen LogP contribution >= 0.6 is 18.8 Å². The molecule has 0 aliphatic carbocycles. The van der Waals surface area contributed by atoms with Gasteiger partial charge in [-0.05, 0) is 22.3 Å². The van der Waals surface area contributed by atoms with Crippen molar-refractivity contribution in [2.75, 3.05) is 0 Å². The zero-order chi connectivity index (χ0) is 33.7. The summed E-state index contributed by atoms with van der Waals surface area (Å²) in [5, 5.41) is 21.0. The molecule has 0 aliphatic heterocycles. The number of hydrogen-bond donors (Lipinski definition) is 2. The van der Waals surface area contributed by atoms with Crippen LogP contribution in [0.4, 0.5) is 0 Å². The number of aromatic hydroxyl groups is 2. The number of para-hydroxylation sites is 2. The van der Waals surface area contributed by atoms with Gasteiger partial charge >= 0.3 is 35.3 Å². The first kappa shape index (κ1) is 37.2. The zero-order valence-electron chi connectivity index (χ0n) is 26.5. The third-order valence-electron chi connectivity index (χ3n) is 6.89. The Balaban J connectivity index is 0.000000204. The van der Waals surface area contributed by atoms with Crippen LogP contribution in [0.3, 0.4) is 0 Å². The van der Waals surface area contributed by atoms with Gasteiger partial charge in [0.05, 0.1) is 0 Å². The first-order valence-corrected chi connectivity index (χ1v) is 22.5.